The SMILES string of the molecule is CC(Cl)(C(=O)OCl)c1ccccc1. The van der Waals surface area contributed by atoms with Crippen LogP contribution in [0.15, 0.2) is 30.3 Å². The van der Waals surface area contributed by atoms with Crippen molar-refractivity contribution < 1.29 is 9.08 Å². The Kier molecular flexibility index (Phi) is 3.17. The molecule has 0 radical (unpaired) electrons. The van der Waals surface area contributed by atoms with Crippen molar-refractivity contribution in [1.82, 2.24) is 0 Å². The molecule has 0 bridgehead atoms. The van der Waals surface area contributed by atoms with E-state index in [0.717, 1.165) is 0 Å². The molecule has 70 valence electrons. The molecule has 0 amide bonds. The average Bonchev–Trinajstić information content (AvgIpc) is 2.18. The standard InChI is InChI=1S/C9H8Cl2O2/c1-9(10,8(12)13-11)7-5-3-2-4-6-7/h2-6H,1H3. The third-order valence-electron chi connectivity index (χ3n) is 1.77. The fourth-order valence-electron chi connectivity index (χ4n) is 0.941. The minimum absolute atomic E-state index is 0.655. The number of benzene rings is 1. The van der Waals surface area contributed by atoms with Gasteiger partial charge >= 0.3 is 5.97 Å². The monoisotopic (exact) mass is 218 g/mol. The largest absolute Gasteiger partial charge is 0.349 e. The zero-order chi connectivity index (χ0) is 9.90. The molecule has 1 rings (SSSR count). The molecule has 0 spiro atoms. The van der Waals surface area contributed by atoms with Gasteiger partial charge in [0.25, 0.3) is 0 Å². The fourth-order valence-corrected chi connectivity index (χ4v) is 1.30. The lowest BCUT2D eigenvalue weighted by Gasteiger charge is -2.17. The van der Waals surface area contributed by atoms with E-state index >= 15 is 0 Å². The van der Waals surface area contributed by atoms with Crippen LogP contribution in [0.4, 0.5) is 0 Å². The predicted octanol–water partition coefficient (Wildman–Crippen LogP) is 2.84. The highest BCUT2D eigenvalue weighted by Crippen LogP contribution is 2.30. The van der Waals surface area contributed by atoms with Crippen LogP contribution in [0.1, 0.15) is 12.5 Å². The highest BCUT2D eigenvalue weighted by Gasteiger charge is 2.34. The lowest BCUT2D eigenvalue weighted by atomic mass is 10.0. The molecule has 1 aromatic carbocycles. The molecule has 0 aliphatic heterocycles. The number of halogens is 2. The van der Waals surface area contributed by atoms with Crippen LogP contribution in [-0.4, -0.2) is 5.97 Å². The second kappa shape index (κ2) is 3.99. The smallest absolute Gasteiger partial charge is 0.345 e. The zero-order valence-electron chi connectivity index (χ0n) is 6.96. The van der Waals surface area contributed by atoms with Crippen LogP contribution >= 0.6 is 23.5 Å². The maximum Gasteiger partial charge on any atom is 0.349 e. The molecule has 0 heterocycles. The fraction of sp³-hybridized carbons (Fsp3) is 0.222. The molecule has 0 aliphatic carbocycles. The summed E-state index contributed by atoms with van der Waals surface area (Å²) in [5.74, 6) is -0.679. The summed E-state index contributed by atoms with van der Waals surface area (Å²) in [7, 11) is 0. The predicted molar refractivity (Wildman–Crippen MR) is 51.6 cm³/mol. The van der Waals surface area contributed by atoms with Crippen LogP contribution in [0.25, 0.3) is 0 Å². The lowest BCUT2D eigenvalue weighted by molar-refractivity contribution is -0.136. The first kappa shape index (κ1) is 10.4. The highest BCUT2D eigenvalue weighted by molar-refractivity contribution is 6.35. The molecule has 4 heteroatoms. The molecular weight excluding hydrogens is 211 g/mol. The van der Waals surface area contributed by atoms with Crippen molar-refractivity contribution >= 4 is 29.4 Å². The summed E-state index contributed by atoms with van der Waals surface area (Å²) in [5, 5.41) is 0. The zero-order valence-corrected chi connectivity index (χ0v) is 8.47. The Morgan fingerprint density at radius 2 is 1.92 bits per heavy atom. The summed E-state index contributed by atoms with van der Waals surface area (Å²) in [4.78, 5) is 9.93. The minimum atomic E-state index is -1.22. The van der Waals surface area contributed by atoms with Gasteiger partial charge in [0.05, 0.1) is 0 Å². The van der Waals surface area contributed by atoms with Crippen LogP contribution in [0.2, 0.25) is 0 Å². The first-order chi connectivity index (χ1) is 6.09. The lowest BCUT2D eigenvalue weighted by Crippen LogP contribution is -2.26. The molecule has 0 aromatic heterocycles. The Morgan fingerprint density at radius 3 is 2.38 bits per heavy atom. The second-order valence-electron chi connectivity index (χ2n) is 2.73. The van der Waals surface area contributed by atoms with Gasteiger partial charge in [-0.25, -0.2) is 4.79 Å². The second-order valence-corrected chi connectivity index (χ2v) is 3.64. The number of hydrogen-bond acceptors (Lipinski definition) is 2. The third kappa shape index (κ3) is 2.14. The van der Waals surface area contributed by atoms with Crippen molar-refractivity contribution in [2.24, 2.45) is 0 Å². The molecule has 1 atom stereocenters. The summed E-state index contributed by atoms with van der Waals surface area (Å²) < 4.78 is 4.07. The molecule has 0 aliphatic rings. The van der Waals surface area contributed by atoms with Crippen molar-refractivity contribution in [2.75, 3.05) is 0 Å². The Labute approximate surface area is 86.6 Å². The van der Waals surface area contributed by atoms with E-state index in [2.05, 4.69) is 4.29 Å². The number of rotatable bonds is 2. The topological polar surface area (TPSA) is 26.3 Å². The van der Waals surface area contributed by atoms with E-state index < -0.39 is 10.8 Å². The van der Waals surface area contributed by atoms with E-state index in [0.29, 0.717) is 5.56 Å². The first-order valence-corrected chi connectivity index (χ1v) is 4.35. The number of carbonyl (C=O) groups excluding carboxylic acids is 1. The molecular formula is C9H8Cl2O2. The molecule has 0 fully saturated rings. The van der Waals surface area contributed by atoms with Gasteiger partial charge in [0, 0.05) is 0 Å². The summed E-state index contributed by atoms with van der Waals surface area (Å²) in [6.07, 6.45) is 0. The van der Waals surface area contributed by atoms with Gasteiger partial charge in [0.1, 0.15) is 11.9 Å². The first-order valence-electron chi connectivity index (χ1n) is 3.66. The molecule has 2 nitrogen and oxygen atoms in total. The van der Waals surface area contributed by atoms with Crippen molar-refractivity contribution in [3.05, 3.63) is 35.9 Å². The van der Waals surface area contributed by atoms with Crippen LogP contribution in [0.3, 0.4) is 0 Å². The normalized spacial score (nSPS) is 14.7. The van der Waals surface area contributed by atoms with Gasteiger partial charge in [0.15, 0.2) is 4.87 Å². The van der Waals surface area contributed by atoms with E-state index in [4.69, 9.17) is 23.5 Å². The third-order valence-corrected chi connectivity index (χ3v) is 2.28. The molecule has 13 heavy (non-hydrogen) atoms. The summed E-state index contributed by atoms with van der Waals surface area (Å²) in [6, 6.07) is 8.89. The van der Waals surface area contributed by atoms with Gasteiger partial charge < -0.3 is 4.29 Å². The number of alkyl halides is 1. The Balaban J connectivity index is 3.00. The molecule has 0 N–H and O–H groups in total. The van der Waals surface area contributed by atoms with E-state index in [9.17, 15) is 4.79 Å². The summed E-state index contributed by atoms with van der Waals surface area (Å²) in [6.45, 7) is 1.54. The summed E-state index contributed by atoms with van der Waals surface area (Å²) in [5.41, 5.74) is 0.655. The van der Waals surface area contributed by atoms with Crippen LogP contribution in [0.5, 0.6) is 0 Å². The number of carbonyl (C=O) groups is 1. The van der Waals surface area contributed by atoms with E-state index in [1.54, 1.807) is 24.3 Å². The average molecular weight is 219 g/mol. The maximum atomic E-state index is 11.1. The van der Waals surface area contributed by atoms with Gasteiger partial charge in [-0.3, -0.25) is 0 Å². The quantitative estimate of drug-likeness (QED) is 0.715. The molecule has 1 aromatic rings. The van der Waals surface area contributed by atoms with Crippen LogP contribution in [-0.2, 0) is 14.0 Å². The Morgan fingerprint density at radius 1 is 1.38 bits per heavy atom. The van der Waals surface area contributed by atoms with Crippen molar-refractivity contribution in [2.45, 2.75) is 11.8 Å². The molecule has 1 unspecified atom stereocenters. The summed E-state index contributed by atoms with van der Waals surface area (Å²) >= 11 is 10.9. The van der Waals surface area contributed by atoms with Crippen molar-refractivity contribution in [1.29, 1.82) is 0 Å². The van der Waals surface area contributed by atoms with E-state index in [1.165, 1.54) is 6.92 Å². The van der Waals surface area contributed by atoms with Gasteiger partial charge in [0.2, 0.25) is 0 Å². The van der Waals surface area contributed by atoms with E-state index in [-0.39, 0.29) is 0 Å². The molecule has 0 saturated heterocycles. The minimum Gasteiger partial charge on any atom is -0.345 e. The van der Waals surface area contributed by atoms with Gasteiger partial charge in [-0.2, -0.15) is 0 Å². The van der Waals surface area contributed by atoms with Crippen LogP contribution < -0.4 is 0 Å². The van der Waals surface area contributed by atoms with Crippen LogP contribution in [0, 0.1) is 0 Å². The van der Waals surface area contributed by atoms with Gasteiger partial charge in [-0.05, 0) is 12.5 Å². The number of hydrogen-bond donors (Lipinski definition) is 0. The van der Waals surface area contributed by atoms with E-state index in [1.807, 2.05) is 6.07 Å². The van der Waals surface area contributed by atoms with Gasteiger partial charge in [-0.1, -0.05) is 30.3 Å². The molecule has 0 saturated carbocycles. The van der Waals surface area contributed by atoms with Gasteiger partial charge in [-0.15, -0.1) is 11.6 Å². The Bertz CT molecular complexity index is 296. The Hall–Kier alpha value is -0.730. The van der Waals surface area contributed by atoms with Crippen molar-refractivity contribution in [3.8, 4) is 0 Å². The van der Waals surface area contributed by atoms with Crippen molar-refractivity contribution in [3.63, 3.8) is 0 Å². The maximum absolute atomic E-state index is 11.1. The highest BCUT2D eigenvalue weighted by atomic mass is 35.5.